The predicted octanol–water partition coefficient (Wildman–Crippen LogP) is 4.59. The summed E-state index contributed by atoms with van der Waals surface area (Å²) in [5, 5.41) is 0. The fourth-order valence-corrected chi connectivity index (χ4v) is 3.98. The Labute approximate surface area is 193 Å². The average Bonchev–Trinajstić information content (AvgIpc) is 3.29. The van der Waals surface area contributed by atoms with E-state index >= 15 is 0 Å². The molecule has 2 atom stereocenters. The maximum atomic E-state index is 13.6. The Morgan fingerprint density at radius 2 is 1.79 bits per heavy atom. The summed E-state index contributed by atoms with van der Waals surface area (Å²) in [4.78, 5) is 17.3. The Morgan fingerprint density at radius 1 is 1.06 bits per heavy atom. The molecule has 0 saturated carbocycles. The zero-order valence-electron chi connectivity index (χ0n) is 19.0. The first kappa shape index (κ1) is 23.7. The van der Waals surface area contributed by atoms with Crippen LogP contribution in [0.15, 0.2) is 46.8 Å². The quantitative estimate of drug-likeness (QED) is 0.515. The number of aliphatic imine (C=N–C) groups is 2. The van der Waals surface area contributed by atoms with E-state index in [1.807, 2.05) is 13.8 Å². The molecule has 11 heteroatoms. The monoisotopic (exact) mass is 477 g/mol. The van der Waals surface area contributed by atoms with E-state index in [0.29, 0.717) is 30.0 Å². The maximum Gasteiger partial charge on any atom is 0.418 e. The topological polar surface area (TPSA) is 73.4 Å². The van der Waals surface area contributed by atoms with Crippen LogP contribution in [0, 0.1) is 11.7 Å². The number of nitrogens with zero attached hydrogens (tertiary/aromatic N) is 5. The van der Waals surface area contributed by atoms with Gasteiger partial charge in [-0.2, -0.15) is 13.2 Å². The third-order valence-electron chi connectivity index (χ3n) is 5.59. The second-order valence-electron chi connectivity index (χ2n) is 8.16. The van der Waals surface area contributed by atoms with Gasteiger partial charge < -0.3 is 13.9 Å². The third-order valence-corrected chi connectivity index (χ3v) is 5.59. The number of pyridine rings is 2. The summed E-state index contributed by atoms with van der Waals surface area (Å²) in [7, 11) is 3.06. The minimum Gasteiger partial charge on any atom is -0.483 e. The fourth-order valence-electron chi connectivity index (χ4n) is 3.98. The first-order chi connectivity index (χ1) is 16.1. The second-order valence-corrected chi connectivity index (χ2v) is 8.16. The molecule has 0 unspecified atom stereocenters. The van der Waals surface area contributed by atoms with Crippen molar-refractivity contribution in [3.8, 4) is 11.3 Å². The summed E-state index contributed by atoms with van der Waals surface area (Å²) in [6.45, 7) is 4.01. The molecule has 0 fully saturated rings. The Kier molecular flexibility index (Phi) is 6.28. The molecule has 4 heterocycles. The molecule has 0 spiro atoms. The van der Waals surface area contributed by atoms with Gasteiger partial charge in [-0.15, -0.1) is 0 Å². The van der Waals surface area contributed by atoms with Gasteiger partial charge >= 0.3 is 6.18 Å². The molecule has 0 bridgehead atoms. The maximum absolute atomic E-state index is 13.6. The third kappa shape index (κ3) is 4.34. The van der Waals surface area contributed by atoms with Gasteiger partial charge in [0.15, 0.2) is 0 Å². The number of aromatic nitrogens is 3. The summed E-state index contributed by atoms with van der Waals surface area (Å²) in [6.07, 6.45) is -0.579. The smallest absolute Gasteiger partial charge is 0.418 e. The van der Waals surface area contributed by atoms with Crippen molar-refractivity contribution in [3.63, 3.8) is 0 Å². The molecule has 1 aliphatic heterocycles. The molecule has 0 amide bonds. The minimum atomic E-state index is -4.78. The van der Waals surface area contributed by atoms with Crippen LogP contribution in [0.3, 0.4) is 0 Å². The highest BCUT2D eigenvalue weighted by Crippen LogP contribution is 2.37. The zero-order chi connectivity index (χ0) is 24.6. The van der Waals surface area contributed by atoms with Gasteiger partial charge in [-0.3, -0.25) is 4.98 Å². The van der Waals surface area contributed by atoms with Crippen LogP contribution in [-0.2, 0) is 22.1 Å². The molecule has 0 aliphatic carbocycles. The molecule has 4 rings (SSSR count). The van der Waals surface area contributed by atoms with Gasteiger partial charge in [0, 0.05) is 30.1 Å². The number of rotatable bonds is 4. The van der Waals surface area contributed by atoms with E-state index in [1.165, 1.54) is 26.5 Å². The highest BCUT2D eigenvalue weighted by atomic mass is 19.4. The van der Waals surface area contributed by atoms with Crippen molar-refractivity contribution in [2.24, 2.45) is 15.9 Å². The zero-order valence-corrected chi connectivity index (χ0v) is 19.0. The molecule has 3 aromatic rings. The lowest BCUT2D eigenvalue weighted by Crippen LogP contribution is -2.38. The molecular formula is C23H23F4N5O2. The SMILES string of the molecule is COC1=N[C@H](C(C)C)C(OC)=N[C@H]1Cc1ccc(-c2ncc(F)cc2C(F)(F)F)c2nccn12. The Morgan fingerprint density at radius 3 is 2.44 bits per heavy atom. The molecular weight excluding hydrogens is 454 g/mol. The molecule has 7 nitrogen and oxygen atoms in total. The number of hydrogen-bond acceptors (Lipinski definition) is 6. The number of halogens is 4. The number of ether oxygens (including phenoxy) is 2. The fraction of sp³-hybridized carbons (Fsp3) is 0.391. The van der Waals surface area contributed by atoms with Crippen LogP contribution in [0.2, 0.25) is 0 Å². The Bertz CT molecular complexity index is 1270. The van der Waals surface area contributed by atoms with Gasteiger partial charge in [-0.05, 0) is 24.1 Å². The van der Waals surface area contributed by atoms with Crippen molar-refractivity contribution in [2.45, 2.75) is 38.5 Å². The summed E-state index contributed by atoms with van der Waals surface area (Å²) >= 11 is 0. The Hall–Kier alpha value is -3.50. The number of methoxy groups -OCH3 is 2. The van der Waals surface area contributed by atoms with E-state index in [2.05, 4.69) is 20.0 Å². The van der Waals surface area contributed by atoms with E-state index in [-0.39, 0.29) is 23.2 Å². The van der Waals surface area contributed by atoms with Crippen molar-refractivity contribution in [2.75, 3.05) is 14.2 Å². The molecule has 180 valence electrons. The van der Waals surface area contributed by atoms with Crippen molar-refractivity contribution in [1.82, 2.24) is 14.4 Å². The van der Waals surface area contributed by atoms with Crippen molar-refractivity contribution in [1.29, 1.82) is 0 Å². The lowest BCUT2D eigenvalue weighted by atomic mass is 10.0. The van der Waals surface area contributed by atoms with Gasteiger partial charge in [0.25, 0.3) is 0 Å². The summed E-state index contributed by atoms with van der Waals surface area (Å²) in [6, 6.07) is 2.85. The summed E-state index contributed by atoms with van der Waals surface area (Å²) < 4.78 is 66.9. The average molecular weight is 477 g/mol. The first-order valence-electron chi connectivity index (χ1n) is 10.6. The van der Waals surface area contributed by atoms with Crippen LogP contribution in [0.4, 0.5) is 17.6 Å². The van der Waals surface area contributed by atoms with Crippen LogP contribution >= 0.6 is 0 Å². The molecule has 1 aliphatic rings. The van der Waals surface area contributed by atoms with E-state index in [4.69, 9.17) is 9.47 Å². The highest BCUT2D eigenvalue weighted by Gasteiger charge is 2.36. The first-order valence-corrected chi connectivity index (χ1v) is 10.6. The lowest BCUT2D eigenvalue weighted by molar-refractivity contribution is -0.137. The van der Waals surface area contributed by atoms with E-state index in [0.717, 1.165) is 6.20 Å². The van der Waals surface area contributed by atoms with Gasteiger partial charge in [0.2, 0.25) is 11.8 Å². The number of alkyl halides is 3. The largest absolute Gasteiger partial charge is 0.483 e. The van der Waals surface area contributed by atoms with Crippen LogP contribution in [-0.4, -0.2) is 52.5 Å². The van der Waals surface area contributed by atoms with Crippen molar-refractivity contribution < 1.29 is 27.0 Å². The van der Waals surface area contributed by atoms with E-state index in [1.54, 1.807) is 16.7 Å². The molecule has 0 radical (unpaired) electrons. The van der Waals surface area contributed by atoms with Gasteiger partial charge in [0.1, 0.15) is 23.5 Å². The standard InChI is InChI=1S/C23H23F4N5O2/c1-12(2)18-22(34-4)30-17(21(31-18)33-3)10-14-5-6-15(20-28-7-8-32(14)20)19-16(23(25,26)27)9-13(24)11-29-19/h5-9,11-12,17-18H,10H2,1-4H3/t17-,18+/m0/s1. The molecule has 0 saturated heterocycles. The molecule has 34 heavy (non-hydrogen) atoms. The number of fused-ring (bicyclic) bond motifs is 1. The lowest BCUT2D eigenvalue weighted by Gasteiger charge is -2.27. The Balaban J connectivity index is 1.76. The number of hydrogen-bond donors (Lipinski definition) is 0. The van der Waals surface area contributed by atoms with E-state index < -0.39 is 29.3 Å². The van der Waals surface area contributed by atoms with Crippen molar-refractivity contribution in [3.05, 3.63) is 53.9 Å². The second kappa shape index (κ2) is 9.03. The molecule has 0 N–H and O–H groups in total. The molecule has 0 aromatic carbocycles. The van der Waals surface area contributed by atoms with Gasteiger partial charge in [-0.1, -0.05) is 13.8 Å². The summed E-state index contributed by atoms with van der Waals surface area (Å²) in [5.74, 6) is 0.0127. The van der Waals surface area contributed by atoms with Crippen molar-refractivity contribution >= 4 is 17.4 Å². The van der Waals surface area contributed by atoms with Gasteiger partial charge in [0.05, 0.1) is 31.7 Å². The van der Waals surface area contributed by atoms with Gasteiger partial charge in [-0.25, -0.2) is 19.4 Å². The normalized spacial score (nSPS) is 18.7. The molecule has 3 aromatic heterocycles. The van der Waals surface area contributed by atoms with E-state index in [9.17, 15) is 17.6 Å². The number of imidazole rings is 1. The van der Waals surface area contributed by atoms with Crippen LogP contribution in [0.25, 0.3) is 16.9 Å². The van der Waals surface area contributed by atoms with Crippen LogP contribution in [0.5, 0.6) is 0 Å². The predicted molar refractivity (Wildman–Crippen MR) is 118 cm³/mol. The highest BCUT2D eigenvalue weighted by molar-refractivity contribution is 5.94. The van der Waals surface area contributed by atoms with Crippen LogP contribution < -0.4 is 0 Å². The van der Waals surface area contributed by atoms with Crippen LogP contribution in [0.1, 0.15) is 25.1 Å². The minimum absolute atomic E-state index is 0.131. The summed E-state index contributed by atoms with van der Waals surface area (Å²) in [5.41, 5.74) is -0.465.